The molecule has 0 saturated heterocycles. The maximum atomic E-state index is 10.9. The van der Waals surface area contributed by atoms with Gasteiger partial charge in [-0.3, -0.25) is 20.2 Å². The molecule has 0 fully saturated rings. The molecule has 0 aliphatic rings. The van der Waals surface area contributed by atoms with Crippen LogP contribution >= 0.6 is 0 Å². The highest BCUT2D eigenvalue weighted by Crippen LogP contribution is 2.30. The molecule has 3 rings (SSSR count). The second-order valence-corrected chi connectivity index (χ2v) is 5.03. The molecule has 0 atom stereocenters. The smallest absolute Gasteiger partial charge is 0.288 e. The van der Waals surface area contributed by atoms with Crippen molar-refractivity contribution in [3.05, 3.63) is 56.4 Å². The normalized spacial score (nSPS) is 10.7. The number of anilines is 1. The van der Waals surface area contributed by atoms with Gasteiger partial charge in [0.2, 0.25) is 0 Å². The number of fused-ring (bicyclic) bond motifs is 1. The molecule has 3 aromatic heterocycles. The van der Waals surface area contributed by atoms with E-state index >= 15 is 0 Å². The van der Waals surface area contributed by atoms with Crippen LogP contribution in [0.2, 0.25) is 0 Å². The monoisotopic (exact) mass is 326 g/mol. The molecule has 0 radical (unpaired) electrons. The first-order chi connectivity index (χ1) is 11.4. The molecule has 120 valence electrons. The van der Waals surface area contributed by atoms with E-state index in [4.69, 9.17) is 5.73 Å². The van der Waals surface area contributed by atoms with E-state index in [1.165, 1.54) is 12.1 Å². The zero-order chi connectivity index (χ0) is 17.4. The quantitative estimate of drug-likeness (QED) is 0.569. The van der Waals surface area contributed by atoms with Crippen LogP contribution in [0.5, 0.6) is 0 Å². The molecule has 0 spiro atoms. The summed E-state index contributed by atoms with van der Waals surface area (Å²) in [6.45, 7) is 1.74. The molecule has 10 nitrogen and oxygen atoms in total. The molecule has 3 aromatic rings. The summed E-state index contributed by atoms with van der Waals surface area (Å²) in [7, 11) is 0. The summed E-state index contributed by atoms with van der Waals surface area (Å²) in [6, 6.07) is 4.29. The Morgan fingerprint density at radius 1 is 1.00 bits per heavy atom. The number of pyridine rings is 3. The maximum Gasteiger partial charge on any atom is 0.288 e. The number of nitrogens with two attached hydrogens (primary N) is 1. The Hall–Kier alpha value is -3.69. The maximum absolute atomic E-state index is 10.9. The van der Waals surface area contributed by atoms with Crippen LogP contribution in [0.1, 0.15) is 5.56 Å². The Morgan fingerprint density at radius 2 is 1.62 bits per heavy atom. The van der Waals surface area contributed by atoms with Gasteiger partial charge < -0.3 is 5.73 Å². The van der Waals surface area contributed by atoms with Gasteiger partial charge in [0, 0.05) is 23.1 Å². The minimum Gasteiger partial charge on any atom is -0.383 e. The number of nitrogen functional groups attached to an aromatic ring is 1. The Morgan fingerprint density at radius 3 is 2.29 bits per heavy atom. The van der Waals surface area contributed by atoms with Gasteiger partial charge in [0.25, 0.3) is 11.4 Å². The minimum atomic E-state index is -0.578. The standard InChI is InChI=1S/C14H10N6O4/c1-7-2-12(11-4-9(20(23)24)5-16-13(11)15)18-14-10(7)3-8(6-17-14)19(21)22/h2-6H,1H3,(H2,15,16). The minimum absolute atomic E-state index is 0.0914. The van der Waals surface area contributed by atoms with Crippen LogP contribution in [-0.2, 0) is 0 Å². The van der Waals surface area contributed by atoms with E-state index in [1.54, 1.807) is 13.0 Å². The van der Waals surface area contributed by atoms with Crippen LogP contribution in [-0.4, -0.2) is 24.8 Å². The molecule has 0 unspecified atom stereocenters. The van der Waals surface area contributed by atoms with E-state index < -0.39 is 9.85 Å². The lowest BCUT2D eigenvalue weighted by atomic mass is 10.1. The van der Waals surface area contributed by atoms with E-state index in [-0.39, 0.29) is 22.8 Å². The summed E-state index contributed by atoms with van der Waals surface area (Å²) in [5, 5.41) is 22.3. The van der Waals surface area contributed by atoms with Gasteiger partial charge >= 0.3 is 0 Å². The van der Waals surface area contributed by atoms with Crippen LogP contribution in [0.3, 0.4) is 0 Å². The number of hydrogen-bond donors (Lipinski definition) is 1. The molecule has 0 saturated carbocycles. The summed E-state index contributed by atoms with van der Waals surface area (Å²) in [4.78, 5) is 32.7. The number of nitro groups is 2. The third-order valence-corrected chi connectivity index (χ3v) is 3.46. The number of rotatable bonds is 3. The van der Waals surface area contributed by atoms with Gasteiger partial charge in [0.15, 0.2) is 5.65 Å². The van der Waals surface area contributed by atoms with Crippen LogP contribution in [0.4, 0.5) is 17.2 Å². The van der Waals surface area contributed by atoms with E-state index in [9.17, 15) is 20.2 Å². The molecule has 10 heteroatoms. The Balaban J connectivity index is 2.21. The highest BCUT2D eigenvalue weighted by atomic mass is 16.6. The van der Waals surface area contributed by atoms with E-state index in [2.05, 4.69) is 15.0 Å². The predicted molar refractivity (Wildman–Crippen MR) is 85.2 cm³/mol. The van der Waals surface area contributed by atoms with Crippen molar-refractivity contribution in [2.75, 3.05) is 5.73 Å². The van der Waals surface area contributed by atoms with Crippen molar-refractivity contribution in [1.29, 1.82) is 0 Å². The number of aromatic nitrogens is 3. The zero-order valence-corrected chi connectivity index (χ0v) is 12.3. The molecule has 2 N–H and O–H groups in total. The van der Waals surface area contributed by atoms with Crippen LogP contribution in [0, 0.1) is 27.2 Å². The third-order valence-electron chi connectivity index (χ3n) is 3.46. The fourth-order valence-corrected chi connectivity index (χ4v) is 2.26. The molecule has 0 amide bonds. The lowest BCUT2D eigenvalue weighted by Gasteiger charge is -2.07. The van der Waals surface area contributed by atoms with Crippen molar-refractivity contribution >= 4 is 28.2 Å². The molecule has 24 heavy (non-hydrogen) atoms. The third kappa shape index (κ3) is 2.56. The van der Waals surface area contributed by atoms with E-state index in [0.29, 0.717) is 22.2 Å². The van der Waals surface area contributed by atoms with Crippen LogP contribution < -0.4 is 5.73 Å². The van der Waals surface area contributed by atoms with Crippen molar-refractivity contribution < 1.29 is 9.85 Å². The van der Waals surface area contributed by atoms with E-state index in [1.807, 2.05) is 0 Å². The molecule has 0 bridgehead atoms. The fourth-order valence-electron chi connectivity index (χ4n) is 2.26. The van der Waals surface area contributed by atoms with Crippen molar-refractivity contribution in [3.8, 4) is 11.3 Å². The molecule has 0 aromatic carbocycles. The molecule has 0 aliphatic carbocycles. The fraction of sp³-hybridized carbons (Fsp3) is 0.0714. The summed E-state index contributed by atoms with van der Waals surface area (Å²) in [6.07, 6.45) is 2.17. The Labute approximate surface area is 134 Å². The number of nitrogens with zero attached hydrogens (tertiary/aromatic N) is 5. The zero-order valence-electron chi connectivity index (χ0n) is 12.3. The molecular formula is C14H10N6O4. The predicted octanol–water partition coefficient (Wildman–Crippen LogP) is 2.40. The van der Waals surface area contributed by atoms with Crippen molar-refractivity contribution in [2.24, 2.45) is 0 Å². The van der Waals surface area contributed by atoms with Gasteiger partial charge in [0.1, 0.15) is 18.2 Å². The van der Waals surface area contributed by atoms with E-state index in [0.717, 1.165) is 12.4 Å². The first-order valence-corrected chi connectivity index (χ1v) is 6.69. The molecule has 0 aliphatic heterocycles. The van der Waals surface area contributed by atoms with Crippen LogP contribution in [0.15, 0.2) is 30.6 Å². The summed E-state index contributed by atoms with van der Waals surface area (Å²) in [5.74, 6) is 0.0914. The summed E-state index contributed by atoms with van der Waals surface area (Å²) in [5.41, 5.74) is 7.06. The lowest BCUT2D eigenvalue weighted by molar-refractivity contribution is -0.385. The second kappa shape index (κ2) is 5.50. The second-order valence-electron chi connectivity index (χ2n) is 5.03. The van der Waals surface area contributed by atoms with Gasteiger partial charge in [-0.2, -0.15) is 0 Å². The highest BCUT2D eigenvalue weighted by Gasteiger charge is 2.16. The average molecular weight is 326 g/mol. The number of hydrogen-bond acceptors (Lipinski definition) is 8. The van der Waals surface area contributed by atoms with Crippen molar-refractivity contribution in [2.45, 2.75) is 6.92 Å². The average Bonchev–Trinajstić information content (AvgIpc) is 2.54. The van der Waals surface area contributed by atoms with Gasteiger partial charge in [-0.15, -0.1) is 0 Å². The number of aryl methyl sites for hydroxylation is 1. The van der Waals surface area contributed by atoms with Gasteiger partial charge in [0.05, 0.1) is 15.5 Å². The lowest BCUT2D eigenvalue weighted by Crippen LogP contribution is -2.00. The summed E-state index contributed by atoms with van der Waals surface area (Å²) < 4.78 is 0. The first-order valence-electron chi connectivity index (χ1n) is 6.69. The van der Waals surface area contributed by atoms with Gasteiger partial charge in [-0.1, -0.05) is 0 Å². The molecule has 3 heterocycles. The van der Waals surface area contributed by atoms with Crippen LogP contribution in [0.25, 0.3) is 22.3 Å². The van der Waals surface area contributed by atoms with Gasteiger partial charge in [-0.05, 0) is 18.6 Å². The Kier molecular flexibility index (Phi) is 3.49. The summed E-state index contributed by atoms with van der Waals surface area (Å²) >= 11 is 0. The topological polar surface area (TPSA) is 151 Å². The highest BCUT2D eigenvalue weighted by molar-refractivity contribution is 5.85. The SMILES string of the molecule is Cc1cc(-c2cc([N+](=O)[O-])cnc2N)nc2ncc([N+](=O)[O-])cc12. The van der Waals surface area contributed by atoms with Crippen molar-refractivity contribution in [1.82, 2.24) is 15.0 Å². The van der Waals surface area contributed by atoms with Gasteiger partial charge in [-0.25, -0.2) is 15.0 Å². The first kappa shape index (κ1) is 15.2. The molecular weight excluding hydrogens is 316 g/mol. The van der Waals surface area contributed by atoms with Crippen molar-refractivity contribution in [3.63, 3.8) is 0 Å². The Bertz CT molecular complexity index is 1000. The largest absolute Gasteiger partial charge is 0.383 e.